The minimum Gasteiger partial charge on any atom is -0.480 e. The number of hydrogen-bond donors (Lipinski definition) is 5. The van der Waals surface area contributed by atoms with Crippen LogP contribution in [-0.4, -0.2) is 64.9 Å². The zero-order valence-electron chi connectivity index (χ0n) is 36.2. The van der Waals surface area contributed by atoms with Crippen molar-refractivity contribution in [2.45, 2.75) is 121 Å². The average molecular weight is 873 g/mol. The molecule has 13 heteroatoms. The number of fused-ring (bicyclic) bond motifs is 3. The Balaban J connectivity index is 0.000000928. The highest BCUT2D eigenvalue weighted by atomic mass is 16.6. The molecule has 0 aliphatic heterocycles. The zero-order valence-corrected chi connectivity index (χ0v) is 36.2. The summed E-state index contributed by atoms with van der Waals surface area (Å²) in [5.41, 5.74) is 17.0. The standard InChI is InChI=1S/C20H21NO4.C16H24N2O3.C11H15NO2.3CH4/c1-12(2)18(19(22)23)21-20(24)25-11-17-15-9-5-3-7-13(15)14-8-4-6-10-16(14)17;1-10(2)13(17)14(19)18-12-8-6-11(7-9-12)15(20)21-16(3,4)5;1-11(2,3)14-10(13)8-4-6-9(12)7-5-8;;;/h3-10,12,17-18H,11H2,1-2H3,(H,21,24)(H,22,23);6-10,13H,17H2,1-5H3,(H,18,19);4-7H,12H2,1-3H3;3*1H4. The number of nitrogen functional groups attached to an aromatic ring is 1. The lowest BCUT2D eigenvalue weighted by Gasteiger charge is -2.19. The first-order chi connectivity index (χ1) is 28.0. The van der Waals surface area contributed by atoms with Crippen molar-refractivity contribution in [3.63, 3.8) is 0 Å². The summed E-state index contributed by atoms with van der Waals surface area (Å²) in [6, 6.07) is 27.8. The van der Waals surface area contributed by atoms with Crippen LogP contribution in [0.15, 0.2) is 97.1 Å². The summed E-state index contributed by atoms with van der Waals surface area (Å²) in [4.78, 5) is 58.4. The van der Waals surface area contributed by atoms with Crippen molar-refractivity contribution in [2.75, 3.05) is 17.7 Å². The topological polar surface area (TPSA) is 209 Å². The number of carbonyl (C=O) groups excluding carboxylic acids is 4. The van der Waals surface area contributed by atoms with Crippen LogP contribution >= 0.6 is 0 Å². The fraction of sp³-hybridized carbons (Fsp3) is 0.420. The van der Waals surface area contributed by atoms with Crippen molar-refractivity contribution in [3.05, 3.63) is 119 Å². The Hall–Kier alpha value is -6.21. The van der Waals surface area contributed by atoms with Gasteiger partial charge in [-0.05, 0) is 124 Å². The van der Waals surface area contributed by atoms with Crippen molar-refractivity contribution in [3.8, 4) is 11.1 Å². The van der Waals surface area contributed by atoms with Crippen LogP contribution in [0, 0.1) is 11.8 Å². The van der Waals surface area contributed by atoms with Gasteiger partial charge in [0.05, 0.1) is 17.2 Å². The van der Waals surface area contributed by atoms with E-state index in [1.54, 1.807) is 62.4 Å². The fourth-order valence-electron chi connectivity index (χ4n) is 5.79. The highest BCUT2D eigenvalue weighted by Crippen LogP contribution is 2.44. The molecule has 0 aromatic heterocycles. The predicted octanol–water partition coefficient (Wildman–Crippen LogP) is 10.3. The second-order valence-electron chi connectivity index (χ2n) is 17.0. The number of amides is 2. The molecule has 0 spiro atoms. The molecule has 1 aliphatic carbocycles. The van der Waals surface area contributed by atoms with Gasteiger partial charge in [-0.15, -0.1) is 0 Å². The average Bonchev–Trinajstić information content (AvgIpc) is 3.48. The van der Waals surface area contributed by atoms with E-state index in [4.69, 9.17) is 30.8 Å². The summed E-state index contributed by atoms with van der Waals surface area (Å²) >= 11 is 0. The molecular weight excluding hydrogens is 801 g/mol. The number of carboxylic acid groups (broad SMARTS) is 1. The van der Waals surface area contributed by atoms with E-state index in [9.17, 15) is 24.0 Å². The second kappa shape index (κ2) is 25.0. The molecule has 5 rings (SSSR count). The van der Waals surface area contributed by atoms with Gasteiger partial charge in [-0.25, -0.2) is 19.2 Å². The van der Waals surface area contributed by atoms with Crippen molar-refractivity contribution >= 4 is 41.3 Å². The predicted molar refractivity (Wildman–Crippen MR) is 254 cm³/mol. The minimum atomic E-state index is -1.07. The van der Waals surface area contributed by atoms with Crippen LogP contribution in [0.3, 0.4) is 0 Å². The van der Waals surface area contributed by atoms with E-state index in [1.165, 1.54) is 0 Å². The van der Waals surface area contributed by atoms with E-state index in [1.807, 2.05) is 91.8 Å². The van der Waals surface area contributed by atoms with E-state index in [0.717, 1.165) is 22.3 Å². The summed E-state index contributed by atoms with van der Waals surface area (Å²) in [6.45, 7) is 18.4. The first-order valence-electron chi connectivity index (χ1n) is 19.8. The first kappa shape index (κ1) is 56.8. The lowest BCUT2D eigenvalue weighted by Crippen LogP contribution is -2.44. The molecule has 1 aliphatic rings. The molecule has 0 radical (unpaired) electrons. The molecule has 346 valence electrons. The van der Waals surface area contributed by atoms with Gasteiger partial charge in [0.2, 0.25) is 5.91 Å². The maximum atomic E-state index is 12.0. The number of esters is 2. The van der Waals surface area contributed by atoms with Crippen molar-refractivity contribution in [1.82, 2.24) is 5.32 Å². The van der Waals surface area contributed by atoms with Gasteiger partial charge in [-0.1, -0.05) is 98.5 Å². The lowest BCUT2D eigenvalue weighted by atomic mass is 9.98. The summed E-state index contributed by atoms with van der Waals surface area (Å²) < 4.78 is 15.8. The third-order valence-electron chi connectivity index (χ3n) is 8.90. The maximum absolute atomic E-state index is 12.0. The molecule has 0 saturated heterocycles. The molecule has 63 heavy (non-hydrogen) atoms. The smallest absolute Gasteiger partial charge is 0.407 e. The number of alkyl carbamates (subject to hydrolysis) is 1. The molecule has 0 heterocycles. The monoisotopic (exact) mass is 873 g/mol. The van der Waals surface area contributed by atoms with Crippen LogP contribution in [-0.2, 0) is 23.8 Å². The van der Waals surface area contributed by atoms with Crippen LogP contribution in [0.1, 0.15) is 129 Å². The number of carboxylic acids is 1. The largest absolute Gasteiger partial charge is 0.480 e. The van der Waals surface area contributed by atoms with E-state index in [-0.39, 0.29) is 64.5 Å². The van der Waals surface area contributed by atoms with Crippen molar-refractivity contribution < 1.29 is 43.3 Å². The highest BCUT2D eigenvalue weighted by molar-refractivity contribution is 5.96. The molecule has 0 fully saturated rings. The Bertz CT molecular complexity index is 2040. The van der Waals surface area contributed by atoms with Gasteiger partial charge in [0, 0.05) is 17.3 Å². The van der Waals surface area contributed by atoms with Gasteiger partial charge >= 0.3 is 24.0 Å². The zero-order chi connectivity index (χ0) is 44.9. The van der Waals surface area contributed by atoms with Crippen LogP contribution in [0.5, 0.6) is 0 Å². The summed E-state index contributed by atoms with van der Waals surface area (Å²) in [5.74, 6) is -2.22. The van der Waals surface area contributed by atoms with Gasteiger partial charge in [0.15, 0.2) is 0 Å². The number of anilines is 2. The van der Waals surface area contributed by atoms with Crippen LogP contribution in [0.2, 0.25) is 0 Å². The second-order valence-corrected chi connectivity index (χ2v) is 17.0. The number of aliphatic carboxylic acids is 1. The molecule has 7 N–H and O–H groups in total. The van der Waals surface area contributed by atoms with Gasteiger partial charge in [-0.3, -0.25) is 4.79 Å². The molecule has 2 atom stereocenters. The highest BCUT2D eigenvalue weighted by Gasteiger charge is 2.30. The molecule has 2 unspecified atom stereocenters. The molecule has 0 bridgehead atoms. The van der Waals surface area contributed by atoms with E-state index >= 15 is 0 Å². The first-order valence-corrected chi connectivity index (χ1v) is 19.8. The van der Waals surface area contributed by atoms with Crippen LogP contribution < -0.4 is 22.1 Å². The Labute approximate surface area is 375 Å². The minimum absolute atomic E-state index is 0. The quantitative estimate of drug-likeness (QED) is 0.0575. The van der Waals surface area contributed by atoms with Gasteiger partial charge < -0.3 is 41.4 Å². The SMILES string of the molecule is C.C.C.CC(C)(C)OC(=O)c1ccc(N)cc1.CC(C)C(N)C(=O)Nc1ccc(C(=O)OC(C)(C)C)cc1.CC(C)C(NC(=O)OCC1c2ccccc2-c2ccccc21)C(=O)O. The molecule has 13 nitrogen and oxygen atoms in total. The number of rotatable bonds is 10. The van der Waals surface area contributed by atoms with E-state index in [0.29, 0.717) is 22.5 Å². The number of nitrogens with one attached hydrogen (secondary N) is 2. The molecule has 4 aromatic rings. The Morgan fingerprint density at radius 2 is 1.06 bits per heavy atom. The number of hydrogen-bond acceptors (Lipinski definition) is 10. The number of nitrogens with two attached hydrogens (primary N) is 2. The van der Waals surface area contributed by atoms with Gasteiger partial charge in [0.25, 0.3) is 0 Å². The summed E-state index contributed by atoms with van der Waals surface area (Å²) in [5, 5.41) is 14.3. The number of benzene rings is 4. The Kier molecular flexibility index (Phi) is 22.6. The van der Waals surface area contributed by atoms with Crippen LogP contribution in [0.4, 0.5) is 16.2 Å². The third kappa shape index (κ3) is 18.0. The molecule has 2 amide bonds. The van der Waals surface area contributed by atoms with Crippen molar-refractivity contribution in [2.24, 2.45) is 17.6 Å². The fourth-order valence-corrected chi connectivity index (χ4v) is 5.79. The van der Waals surface area contributed by atoms with Crippen molar-refractivity contribution in [1.29, 1.82) is 0 Å². The summed E-state index contributed by atoms with van der Waals surface area (Å²) in [6.07, 6.45) is -0.706. The number of carbonyl (C=O) groups is 5. The van der Waals surface area contributed by atoms with Gasteiger partial charge in [0.1, 0.15) is 23.9 Å². The Morgan fingerprint density at radius 1 is 0.651 bits per heavy atom. The Morgan fingerprint density at radius 3 is 1.44 bits per heavy atom. The van der Waals surface area contributed by atoms with Gasteiger partial charge in [-0.2, -0.15) is 0 Å². The van der Waals surface area contributed by atoms with Crippen LogP contribution in [0.25, 0.3) is 11.1 Å². The molecule has 4 aromatic carbocycles. The third-order valence-corrected chi connectivity index (χ3v) is 8.90. The summed E-state index contributed by atoms with van der Waals surface area (Å²) in [7, 11) is 0. The van der Waals surface area contributed by atoms with E-state index < -0.39 is 35.3 Å². The normalized spacial score (nSPS) is 12.3. The van der Waals surface area contributed by atoms with E-state index in [2.05, 4.69) is 22.8 Å². The molecular formula is C50H72N4O9. The maximum Gasteiger partial charge on any atom is 0.407 e. The lowest BCUT2D eigenvalue weighted by molar-refractivity contribution is -0.140. The molecule has 0 saturated carbocycles. The number of ether oxygens (including phenoxy) is 3.